The van der Waals surface area contributed by atoms with Crippen LogP contribution in [-0.2, 0) is 25.8 Å². The number of carbonyl (C=O) groups excluding carboxylic acids is 2. The summed E-state index contributed by atoms with van der Waals surface area (Å²) in [5.41, 5.74) is 4.92. The molecule has 0 saturated carbocycles. The van der Waals surface area contributed by atoms with Crippen LogP contribution in [0.15, 0.2) is 62.1 Å². The fraction of sp³-hybridized carbons (Fsp3) is 0.174. The zero-order valence-electron chi connectivity index (χ0n) is 20.6. The molecule has 2 aliphatic rings. The third kappa shape index (κ3) is 5.12. The summed E-state index contributed by atoms with van der Waals surface area (Å²) in [6.45, 7) is 3.25. The number of nitrogens with one attached hydrogen (secondary N) is 1. The third-order valence-electron chi connectivity index (χ3n) is 5.91. The Morgan fingerprint density at radius 2 is 2.15 bits per heavy atom. The first-order valence-corrected chi connectivity index (χ1v) is 13.4. The molecule has 0 unspecified atom stereocenters. The normalized spacial score (nSPS) is 18.5. The highest BCUT2D eigenvalue weighted by Gasteiger charge is 2.54. The van der Waals surface area contributed by atoms with Crippen LogP contribution < -0.4 is 16.5 Å². The average molecular weight is 602 g/mol. The number of thioether (sulfide) groups is 1. The number of allylic oxidation sites excluding steroid dienone is 1. The number of nitrogens with two attached hydrogens (primary N) is 1. The molecule has 1 fully saturated rings. The summed E-state index contributed by atoms with van der Waals surface area (Å²) in [6, 6.07) is 1.25. The molecule has 212 valence electrons. The maximum absolute atomic E-state index is 13.2. The second-order valence-corrected chi connectivity index (χ2v) is 10.5. The first-order chi connectivity index (χ1) is 19.6. The number of nitrogen functional groups attached to an aromatic ring is 1. The molecule has 5 heterocycles. The van der Waals surface area contributed by atoms with E-state index in [0.717, 1.165) is 28.5 Å². The van der Waals surface area contributed by atoms with Gasteiger partial charge in [0.25, 0.3) is 11.8 Å². The Bertz CT molecular complexity index is 1710. The van der Waals surface area contributed by atoms with Crippen LogP contribution in [-0.4, -0.2) is 75.9 Å². The molecule has 0 bridgehead atoms. The molecule has 2 aliphatic heterocycles. The number of hydrogen-bond acceptors (Lipinski definition) is 14. The smallest absolute Gasteiger partial charge is 0.352 e. The highest BCUT2D eigenvalue weighted by atomic mass is 32.2. The van der Waals surface area contributed by atoms with Crippen LogP contribution in [0.2, 0.25) is 0 Å². The predicted molar refractivity (Wildman–Crippen MR) is 143 cm³/mol. The van der Waals surface area contributed by atoms with Crippen LogP contribution in [0.1, 0.15) is 11.5 Å². The number of thiazole rings is 1. The van der Waals surface area contributed by atoms with Gasteiger partial charge in [-0.25, -0.2) is 9.78 Å². The number of amides is 2. The highest BCUT2D eigenvalue weighted by Crippen LogP contribution is 2.40. The van der Waals surface area contributed by atoms with E-state index in [9.17, 15) is 34.6 Å². The van der Waals surface area contributed by atoms with Crippen molar-refractivity contribution in [1.82, 2.24) is 25.1 Å². The van der Waals surface area contributed by atoms with Gasteiger partial charge in [-0.05, 0) is 5.57 Å². The topological polar surface area (TPSA) is 236 Å². The third-order valence-corrected chi connectivity index (χ3v) is 7.88. The summed E-state index contributed by atoms with van der Waals surface area (Å²) >= 11 is 2.31. The van der Waals surface area contributed by atoms with Crippen LogP contribution in [0, 0.1) is 0 Å². The molecule has 3 aromatic rings. The van der Waals surface area contributed by atoms with Crippen molar-refractivity contribution in [3.63, 3.8) is 0 Å². The number of anilines is 1. The van der Waals surface area contributed by atoms with Gasteiger partial charge in [0.2, 0.25) is 5.43 Å². The van der Waals surface area contributed by atoms with Crippen molar-refractivity contribution in [2.75, 3.05) is 11.5 Å². The molecule has 3 aromatic heterocycles. The van der Waals surface area contributed by atoms with Crippen LogP contribution in [0.25, 0.3) is 11.4 Å². The van der Waals surface area contributed by atoms with Crippen LogP contribution in [0.3, 0.4) is 0 Å². The first-order valence-electron chi connectivity index (χ1n) is 11.5. The Morgan fingerprint density at radius 1 is 1.37 bits per heavy atom. The standard InChI is InChI=1S/C23H19N7O9S2/c1-2-9-7-40-21-17(20(34)30(21)18(9)22(35)36)26-19(33)16(12-8-41-23(24)25-12)28-38-6-10-3-11(27-39-10)13-4-14(31)15(32)5-29(13)37/h2-5,8,17,21,32,37H,1,6-7H2,(H2,24,25)(H,26,33)(H,35,36)/b28-16-/t17-,21-/m1/s1. The lowest BCUT2D eigenvalue weighted by molar-refractivity contribution is -0.150. The fourth-order valence-corrected chi connectivity index (χ4v) is 5.86. The molecule has 0 spiro atoms. The number of aromatic nitrogens is 3. The average Bonchev–Trinajstić information content (AvgIpc) is 3.59. The summed E-state index contributed by atoms with van der Waals surface area (Å²) in [4.78, 5) is 59.9. The molecule has 16 nitrogen and oxygen atoms in total. The SMILES string of the molecule is C=CC1=C(C(=O)O)N2C(=O)[C@@H](NC(=O)/C(=N\OCc3cc(-c4cc(=O)c(O)cn4O)no3)c3csc(N)n3)[C@H]2SC1. The summed E-state index contributed by atoms with van der Waals surface area (Å²) in [5.74, 6) is -3.00. The molecule has 41 heavy (non-hydrogen) atoms. The Hall–Kier alpha value is -5.10. The molecule has 0 aliphatic carbocycles. The summed E-state index contributed by atoms with van der Waals surface area (Å²) in [7, 11) is 0. The molecule has 6 N–H and O–H groups in total. The van der Waals surface area contributed by atoms with E-state index < -0.39 is 40.4 Å². The zero-order valence-corrected chi connectivity index (χ0v) is 22.2. The molecule has 0 aromatic carbocycles. The van der Waals surface area contributed by atoms with E-state index in [-0.39, 0.29) is 51.7 Å². The number of fused-ring (bicyclic) bond motifs is 1. The lowest BCUT2D eigenvalue weighted by Gasteiger charge is -2.49. The fourth-order valence-electron chi connectivity index (χ4n) is 3.98. The number of aliphatic carboxylic acids is 1. The van der Waals surface area contributed by atoms with Gasteiger partial charge in [0.15, 0.2) is 29.0 Å². The lowest BCUT2D eigenvalue weighted by atomic mass is 10.0. The minimum atomic E-state index is -1.28. The van der Waals surface area contributed by atoms with Gasteiger partial charge >= 0.3 is 5.97 Å². The minimum absolute atomic E-state index is 0.0462. The number of carbonyl (C=O) groups is 3. The van der Waals surface area contributed by atoms with E-state index >= 15 is 0 Å². The van der Waals surface area contributed by atoms with Gasteiger partial charge in [-0.2, -0.15) is 4.73 Å². The molecular formula is C23H19N7O9S2. The first kappa shape index (κ1) is 27.5. The van der Waals surface area contributed by atoms with Crippen molar-refractivity contribution in [3.8, 4) is 17.1 Å². The van der Waals surface area contributed by atoms with Crippen LogP contribution >= 0.6 is 23.1 Å². The molecule has 2 atom stereocenters. The van der Waals surface area contributed by atoms with E-state index in [1.165, 1.54) is 29.3 Å². The summed E-state index contributed by atoms with van der Waals surface area (Å²) in [5, 5.41) is 40.0. The van der Waals surface area contributed by atoms with E-state index in [0.29, 0.717) is 10.3 Å². The van der Waals surface area contributed by atoms with Gasteiger partial charge in [0.1, 0.15) is 34.2 Å². The molecule has 5 rings (SSSR count). The van der Waals surface area contributed by atoms with E-state index in [2.05, 4.69) is 27.2 Å². The van der Waals surface area contributed by atoms with Gasteiger partial charge in [-0.15, -0.1) is 23.1 Å². The van der Waals surface area contributed by atoms with Crippen molar-refractivity contribution in [2.24, 2.45) is 5.16 Å². The largest absolute Gasteiger partial charge is 0.503 e. The molecule has 2 amide bonds. The number of nitrogens with zero attached hydrogens (tertiary/aromatic N) is 5. The summed E-state index contributed by atoms with van der Waals surface area (Å²) in [6.07, 6.45) is 2.18. The van der Waals surface area contributed by atoms with Crippen molar-refractivity contribution in [2.45, 2.75) is 18.0 Å². The lowest BCUT2D eigenvalue weighted by Crippen LogP contribution is -2.71. The monoisotopic (exact) mass is 601 g/mol. The second-order valence-electron chi connectivity index (χ2n) is 8.46. The molecule has 0 radical (unpaired) electrons. The minimum Gasteiger partial charge on any atom is -0.503 e. The van der Waals surface area contributed by atoms with Gasteiger partial charge in [0, 0.05) is 23.3 Å². The van der Waals surface area contributed by atoms with E-state index in [4.69, 9.17) is 15.1 Å². The number of carboxylic acid groups (broad SMARTS) is 1. The number of carboxylic acids is 1. The predicted octanol–water partition coefficient (Wildman–Crippen LogP) is 0.330. The molecule has 18 heteroatoms. The molecular weight excluding hydrogens is 582 g/mol. The van der Waals surface area contributed by atoms with E-state index in [1.54, 1.807) is 0 Å². The maximum atomic E-state index is 13.2. The van der Waals surface area contributed by atoms with Crippen molar-refractivity contribution in [3.05, 3.63) is 69.3 Å². The number of oxime groups is 1. The highest BCUT2D eigenvalue weighted by molar-refractivity contribution is 8.00. The number of rotatable bonds is 9. The number of β-lactam (4-membered cyclic amide) rings is 1. The summed E-state index contributed by atoms with van der Waals surface area (Å²) < 4.78 is 5.62. The molecule has 1 saturated heterocycles. The Balaban J connectivity index is 1.31. The Kier molecular flexibility index (Phi) is 7.24. The van der Waals surface area contributed by atoms with Crippen molar-refractivity contribution >= 4 is 51.7 Å². The van der Waals surface area contributed by atoms with Crippen LogP contribution in [0.5, 0.6) is 5.75 Å². The van der Waals surface area contributed by atoms with Crippen molar-refractivity contribution < 1.29 is 39.2 Å². The number of hydrogen-bond donors (Lipinski definition) is 5. The second kappa shape index (κ2) is 10.8. The Morgan fingerprint density at radius 3 is 2.83 bits per heavy atom. The number of pyridine rings is 1. The van der Waals surface area contributed by atoms with E-state index in [1.807, 2.05) is 0 Å². The quantitative estimate of drug-likeness (QED) is 0.0963. The van der Waals surface area contributed by atoms with Gasteiger partial charge in [0.05, 0.1) is 6.20 Å². The van der Waals surface area contributed by atoms with Gasteiger partial charge in [-0.1, -0.05) is 23.0 Å². The van der Waals surface area contributed by atoms with Gasteiger partial charge < -0.3 is 35.8 Å². The van der Waals surface area contributed by atoms with Crippen molar-refractivity contribution in [1.29, 1.82) is 0 Å². The van der Waals surface area contributed by atoms with Crippen LogP contribution in [0.4, 0.5) is 5.13 Å². The zero-order chi connectivity index (χ0) is 29.4. The van der Waals surface area contributed by atoms with Gasteiger partial charge in [-0.3, -0.25) is 19.3 Å². The maximum Gasteiger partial charge on any atom is 0.352 e. The Labute approximate surface area is 237 Å². The number of aromatic hydroxyl groups is 1.